The Kier molecular flexibility index (Phi) is 4.48. The van der Waals surface area contributed by atoms with Gasteiger partial charge in [0.05, 0.1) is 12.3 Å². The monoisotopic (exact) mass is 285 g/mol. The molecule has 2 rings (SSSR count). The van der Waals surface area contributed by atoms with E-state index < -0.39 is 5.97 Å². The van der Waals surface area contributed by atoms with Crippen molar-refractivity contribution in [1.82, 2.24) is 0 Å². The normalized spacial score (nSPS) is 10.2. The first-order chi connectivity index (χ1) is 10.0. The number of esters is 1. The summed E-state index contributed by atoms with van der Waals surface area (Å²) in [6.45, 7) is 6.03. The maximum atomic E-state index is 12.0. The van der Waals surface area contributed by atoms with E-state index in [1.165, 1.54) is 0 Å². The van der Waals surface area contributed by atoms with Crippen LogP contribution in [0.15, 0.2) is 36.4 Å². The predicted molar refractivity (Wildman–Crippen MR) is 82.8 cm³/mol. The zero-order valence-corrected chi connectivity index (χ0v) is 12.5. The second kappa shape index (κ2) is 6.31. The molecule has 0 aliphatic heterocycles. The molecule has 110 valence electrons. The molecule has 0 spiro atoms. The Morgan fingerprint density at radius 2 is 1.86 bits per heavy atom. The summed E-state index contributed by atoms with van der Waals surface area (Å²) in [6, 6.07) is 10.8. The Morgan fingerprint density at radius 3 is 2.57 bits per heavy atom. The zero-order valence-electron chi connectivity index (χ0n) is 12.5. The van der Waals surface area contributed by atoms with Crippen LogP contribution in [0.1, 0.15) is 28.4 Å². The van der Waals surface area contributed by atoms with Crippen LogP contribution in [0, 0.1) is 13.8 Å². The van der Waals surface area contributed by atoms with Gasteiger partial charge in [0.1, 0.15) is 11.3 Å². The molecule has 0 saturated carbocycles. The molecule has 0 atom stereocenters. The van der Waals surface area contributed by atoms with Crippen LogP contribution in [0.2, 0.25) is 0 Å². The van der Waals surface area contributed by atoms with Crippen molar-refractivity contribution < 1.29 is 14.3 Å². The fourth-order valence-corrected chi connectivity index (χ4v) is 1.98. The van der Waals surface area contributed by atoms with Crippen molar-refractivity contribution in [2.75, 3.05) is 12.3 Å². The molecule has 21 heavy (non-hydrogen) atoms. The molecule has 0 aliphatic carbocycles. The van der Waals surface area contributed by atoms with Gasteiger partial charge >= 0.3 is 5.97 Å². The SMILES string of the molecule is CCOC(=O)c1cccc(N)c1Oc1cccc(C)c1C. The Hall–Kier alpha value is -2.49. The number of nitrogen functional groups attached to an aromatic ring is 1. The number of carbonyl (C=O) groups excluding carboxylic acids is 1. The van der Waals surface area contributed by atoms with Gasteiger partial charge in [-0.15, -0.1) is 0 Å². The predicted octanol–water partition coefficient (Wildman–Crippen LogP) is 3.85. The Bertz CT molecular complexity index is 665. The molecule has 0 amide bonds. The average Bonchev–Trinajstić information content (AvgIpc) is 2.46. The zero-order chi connectivity index (χ0) is 15.4. The number of para-hydroxylation sites is 1. The van der Waals surface area contributed by atoms with Crippen LogP contribution in [0.25, 0.3) is 0 Å². The molecule has 0 saturated heterocycles. The number of benzene rings is 2. The molecule has 0 aromatic heterocycles. The fourth-order valence-electron chi connectivity index (χ4n) is 1.98. The third-order valence-corrected chi connectivity index (χ3v) is 3.31. The molecule has 2 N–H and O–H groups in total. The van der Waals surface area contributed by atoms with E-state index in [2.05, 4.69) is 0 Å². The summed E-state index contributed by atoms with van der Waals surface area (Å²) in [5.41, 5.74) is 8.81. The number of anilines is 1. The summed E-state index contributed by atoms with van der Waals surface area (Å²) < 4.78 is 10.9. The first kappa shape index (κ1) is 14.9. The van der Waals surface area contributed by atoms with Gasteiger partial charge in [0.2, 0.25) is 0 Å². The molecule has 0 heterocycles. The standard InChI is InChI=1S/C17H19NO3/c1-4-20-17(19)13-8-6-9-14(18)16(13)21-15-10-5-7-11(2)12(15)3/h5-10H,4,18H2,1-3H3. The van der Waals surface area contributed by atoms with Crippen molar-refractivity contribution >= 4 is 11.7 Å². The van der Waals surface area contributed by atoms with Crippen molar-refractivity contribution in [3.05, 3.63) is 53.1 Å². The van der Waals surface area contributed by atoms with Gasteiger partial charge in [0.15, 0.2) is 5.75 Å². The molecule has 4 heteroatoms. The van der Waals surface area contributed by atoms with Gasteiger partial charge in [-0.1, -0.05) is 18.2 Å². The van der Waals surface area contributed by atoms with Crippen LogP contribution in [-0.2, 0) is 4.74 Å². The summed E-state index contributed by atoms with van der Waals surface area (Å²) in [6.07, 6.45) is 0. The lowest BCUT2D eigenvalue weighted by molar-refractivity contribution is 0.0523. The van der Waals surface area contributed by atoms with E-state index in [9.17, 15) is 4.79 Å². The molecule has 0 radical (unpaired) electrons. The first-order valence-corrected chi connectivity index (χ1v) is 6.84. The molecule has 0 aliphatic rings. The maximum absolute atomic E-state index is 12.0. The number of aryl methyl sites for hydroxylation is 1. The molecule has 0 fully saturated rings. The summed E-state index contributed by atoms with van der Waals surface area (Å²) in [5, 5.41) is 0. The quantitative estimate of drug-likeness (QED) is 0.684. The van der Waals surface area contributed by atoms with Gasteiger partial charge in [-0.05, 0) is 50.1 Å². The van der Waals surface area contributed by atoms with Crippen LogP contribution in [-0.4, -0.2) is 12.6 Å². The van der Waals surface area contributed by atoms with Crippen molar-refractivity contribution in [2.24, 2.45) is 0 Å². The van der Waals surface area contributed by atoms with E-state index in [1.807, 2.05) is 32.0 Å². The van der Waals surface area contributed by atoms with Crippen molar-refractivity contribution in [3.8, 4) is 11.5 Å². The van der Waals surface area contributed by atoms with Crippen molar-refractivity contribution in [1.29, 1.82) is 0 Å². The van der Waals surface area contributed by atoms with Gasteiger partial charge in [0.25, 0.3) is 0 Å². The van der Waals surface area contributed by atoms with E-state index in [0.717, 1.165) is 11.1 Å². The summed E-state index contributed by atoms with van der Waals surface area (Å²) in [4.78, 5) is 12.0. The smallest absolute Gasteiger partial charge is 0.342 e. The summed E-state index contributed by atoms with van der Waals surface area (Å²) >= 11 is 0. The molecule has 2 aromatic rings. The van der Waals surface area contributed by atoms with Crippen molar-refractivity contribution in [3.63, 3.8) is 0 Å². The molecular weight excluding hydrogens is 266 g/mol. The first-order valence-electron chi connectivity index (χ1n) is 6.84. The molecule has 0 bridgehead atoms. The number of hydrogen-bond donors (Lipinski definition) is 1. The third kappa shape index (κ3) is 3.16. The largest absolute Gasteiger partial charge is 0.462 e. The van der Waals surface area contributed by atoms with Gasteiger partial charge < -0.3 is 15.2 Å². The highest BCUT2D eigenvalue weighted by Crippen LogP contribution is 2.34. The van der Waals surface area contributed by atoms with Crippen LogP contribution in [0.3, 0.4) is 0 Å². The van der Waals surface area contributed by atoms with Gasteiger partial charge in [-0.25, -0.2) is 4.79 Å². The van der Waals surface area contributed by atoms with Crippen molar-refractivity contribution in [2.45, 2.75) is 20.8 Å². The topological polar surface area (TPSA) is 61.5 Å². The minimum atomic E-state index is -0.440. The second-order valence-electron chi connectivity index (χ2n) is 4.74. The number of nitrogens with two attached hydrogens (primary N) is 1. The lowest BCUT2D eigenvalue weighted by Gasteiger charge is -2.15. The fraction of sp³-hybridized carbons (Fsp3) is 0.235. The summed E-state index contributed by atoms with van der Waals surface area (Å²) in [5.74, 6) is 0.577. The van der Waals surface area contributed by atoms with Gasteiger partial charge in [-0.3, -0.25) is 0 Å². The maximum Gasteiger partial charge on any atom is 0.342 e. The van der Waals surface area contributed by atoms with Gasteiger partial charge in [0, 0.05) is 0 Å². The highest BCUT2D eigenvalue weighted by Gasteiger charge is 2.17. The van der Waals surface area contributed by atoms with Crippen LogP contribution >= 0.6 is 0 Å². The molecule has 2 aromatic carbocycles. The van der Waals surface area contributed by atoms with Crippen LogP contribution in [0.4, 0.5) is 5.69 Å². The Labute approximate surface area is 124 Å². The van der Waals surface area contributed by atoms with E-state index in [-0.39, 0.29) is 0 Å². The lowest BCUT2D eigenvalue weighted by Crippen LogP contribution is -2.08. The minimum Gasteiger partial charge on any atom is -0.462 e. The average molecular weight is 285 g/mol. The van der Waals surface area contributed by atoms with E-state index in [1.54, 1.807) is 25.1 Å². The second-order valence-corrected chi connectivity index (χ2v) is 4.74. The Balaban J connectivity index is 2.44. The number of hydrogen-bond acceptors (Lipinski definition) is 4. The molecular formula is C17H19NO3. The van der Waals surface area contributed by atoms with Gasteiger partial charge in [-0.2, -0.15) is 0 Å². The summed E-state index contributed by atoms with van der Waals surface area (Å²) in [7, 11) is 0. The lowest BCUT2D eigenvalue weighted by atomic mass is 10.1. The van der Waals surface area contributed by atoms with Crippen LogP contribution in [0.5, 0.6) is 11.5 Å². The van der Waals surface area contributed by atoms with E-state index in [0.29, 0.717) is 29.4 Å². The molecule has 4 nitrogen and oxygen atoms in total. The number of ether oxygens (including phenoxy) is 2. The minimum absolute atomic E-state index is 0.302. The van der Waals surface area contributed by atoms with E-state index >= 15 is 0 Å². The van der Waals surface area contributed by atoms with Crippen LogP contribution < -0.4 is 10.5 Å². The third-order valence-electron chi connectivity index (χ3n) is 3.31. The Morgan fingerprint density at radius 1 is 1.14 bits per heavy atom. The molecule has 0 unspecified atom stereocenters. The highest BCUT2D eigenvalue weighted by molar-refractivity contribution is 5.94. The van der Waals surface area contributed by atoms with E-state index in [4.69, 9.17) is 15.2 Å². The number of carbonyl (C=O) groups is 1. The highest BCUT2D eigenvalue weighted by atomic mass is 16.5. The number of rotatable bonds is 4.